The molecule has 0 aliphatic carbocycles. The fourth-order valence-electron chi connectivity index (χ4n) is 0.725. The summed E-state index contributed by atoms with van der Waals surface area (Å²) < 4.78 is 5.15. The van der Waals surface area contributed by atoms with Gasteiger partial charge in [0, 0.05) is 0 Å². The second-order valence-corrected chi connectivity index (χ2v) is 3.53. The number of rotatable bonds is 6. The number of hydrogen-bond donors (Lipinski definition) is 0. The van der Waals surface area contributed by atoms with Crippen LogP contribution in [0.4, 0.5) is 0 Å². The lowest BCUT2D eigenvalue weighted by Crippen LogP contribution is -2.24. The van der Waals surface area contributed by atoms with Crippen molar-refractivity contribution >= 4 is 0 Å². The number of hydrogen-bond acceptors (Lipinski definition) is 1. The van der Waals surface area contributed by atoms with Gasteiger partial charge in [0.15, 0.2) is 0 Å². The maximum absolute atomic E-state index is 11.0. The second kappa shape index (κ2) is 6.21. The predicted octanol–water partition coefficient (Wildman–Crippen LogP) is 2.57. The molecular formula is C10H19O2. The highest BCUT2D eigenvalue weighted by Gasteiger charge is 2.13. The van der Waals surface area contributed by atoms with Crippen molar-refractivity contribution in [3.63, 3.8) is 0 Å². The van der Waals surface area contributed by atoms with Gasteiger partial charge in [-0.1, -0.05) is 25.5 Å². The first kappa shape index (κ1) is 11.7. The van der Waals surface area contributed by atoms with E-state index in [0.29, 0.717) is 6.61 Å². The maximum atomic E-state index is 11.0. The third kappa shape index (κ3) is 9.66. The lowest BCUT2D eigenvalue weighted by Gasteiger charge is -2.12. The zero-order valence-electron chi connectivity index (χ0n) is 8.30. The number of ether oxygens (including phenoxy) is 1. The predicted molar refractivity (Wildman–Crippen MR) is 49.6 cm³/mol. The highest BCUT2D eigenvalue weighted by atomic mass is 16.5. The standard InChI is InChI=1S/C10H19O2/c1-4-5-6-7-8-12-9-10(2,3)11/h6-7H,4-5,8-9H2,1-3H3/b7-6+. The number of unbranched alkanes of at least 4 members (excludes halogenated alkanes) is 1. The molecule has 0 aromatic heterocycles. The van der Waals surface area contributed by atoms with Crippen molar-refractivity contribution in [2.45, 2.75) is 39.2 Å². The Hall–Kier alpha value is -0.340. The molecule has 0 aromatic rings. The lowest BCUT2D eigenvalue weighted by molar-refractivity contribution is -0.0604. The minimum Gasteiger partial charge on any atom is -0.374 e. The Labute approximate surface area is 75.2 Å². The molecule has 0 heterocycles. The van der Waals surface area contributed by atoms with Gasteiger partial charge < -0.3 is 4.74 Å². The molecule has 12 heavy (non-hydrogen) atoms. The van der Waals surface area contributed by atoms with E-state index in [1.54, 1.807) is 13.8 Å². The first-order chi connectivity index (χ1) is 5.56. The molecule has 0 N–H and O–H groups in total. The molecule has 0 rings (SSSR count). The van der Waals surface area contributed by atoms with E-state index >= 15 is 0 Å². The van der Waals surface area contributed by atoms with Crippen LogP contribution in [-0.2, 0) is 9.84 Å². The second-order valence-electron chi connectivity index (χ2n) is 3.53. The molecule has 0 fully saturated rings. The highest BCUT2D eigenvalue weighted by Crippen LogP contribution is 2.01. The minimum atomic E-state index is -0.960. The summed E-state index contributed by atoms with van der Waals surface area (Å²) in [6.07, 6.45) is 6.29. The van der Waals surface area contributed by atoms with E-state index in [0.717, 1.165) is 12.8 Å². The van der Waals surface area contributed by atoms with Gasteiger partial charge in [-0.05, 0) is 20.3 Å². The third-order valence-corrected chi connectivity index (χ3v) is 1.29. The van der Waals surface area contributed by atoms with Crippen molar-refractivity contribution < 1.29 is 9.84 Å². The van der Waals surface area contributed by atoms with Gasteiger partial charge in [-0.2, -0.15) is 0 Å². The summed E-state index contributed by atoms with van der Waals surface area (Å²) in [5.41, 5.74) is -0.960. The van der Waals surface area contributed by atoms with Crippen LogP contribution in [0.15, 0.2) is 12.2 Å². The Balaban J connectivity index is 3.21. The molecule has 0 atom stereocenters. The fourth-order valence-corrected chi connectivity index (χ4v) is 0.725. The molecule has 0 amide bonds. The van der Waals surface area contributed by atoms with Crippen LogP contribution in [0.3, 0.4) is 0 Å². The Kier molecular flexibility index (Phi) is 6.03. The van der Waals surface area contributed by atoms with E-state index in [9.17, 15) is 5.11 Å². The van der Waals surface area contributed by atoms with Crippen LogP contribution in [0, 0.1) is 0 Å². The zero-order valence-corrected chi connectivity index (χ0v) is 8.30. The van der Waals surface area contributed by atoms with Gasteiger partial charge in [-0.3, -0.25) is 0 Å². The van der Waals surface area contributed by atoms with Gasteiger partial charge in [-0.15, -0.1) is 0 Å². The molecule has 0 aliphatic heterocycles. The van der Waals surface area contributed by atoms with Crippen molar-refractivity contribution in [1.29, 1.82) is 0 Å². The molecule has 0 saturated carbocycles. The van der Waals surface area contributed by atoms with Crippen LogP contribution in [0.5, 0.6) is 0 Å². The van der Waals surface area contributed by atoms with Crippen LogP contribution >= 0.6 is 0 Å². The summed E-state index contributed by atoms with van der Waals surface area (Å²) in [7, 11) is 0. The van der Waals surface area contributed by atoms with E-state index in [1.165, 1.54) is 0 Å². The molecule has 0 saturated heterocycles. The SMILES string of the molecule is CCC/C=C/COCC(C)(C)[O]. The van der Waals surface area contributed by atoms with Crippen molar-refractivity contribution in [3.8, 4) is 0 Å². The average molecular weight is 171 g/mol. The van der Waals surface area contributed by atoms with Crippen molar-refractivity contribution in [1.82, 2.24) is 0 Å². The quantitative estimate of drug-likeness (QED) is 0.446. The Bertz CT molecular complexity index is 122. The van der Waals surface area contributed by atoms with Crippen LogP contribution in [0.25, 0.3) is 0 Å². The summed E-state index contributed by atoms with van der Waals surface area (Å²) in [5, 5.41) is 11.0. The fraction of sp³-hybridized carbons (Fsp3) is 0.800. The Morgan fingerprint density at radius 2 is 2.00 bits per heavy atom. The van der Waals surface area contributed by atoms with Crippen LogP contribution in [0.1, 0.15) is 33.6 Å². The smallest absolute Gasteiger partial charge is 0.121 e. The van der Waals surface area contributed by atoms with E-state index in [2.05, 4.69) is 13.0 Å². The first-order valence-corrected chi connectivity index (χ1v) is 4.49. The van der Waals surface area contributed by atoms with Crippen molar-refractivity contribution in [2.24, 2.45) is 0 Å². The maximum Gasteiger partial charge on any atom is 0.121 e. The third-order valence-electron chi connectivity index (χ3n) is 1.29. The molecule has 2 nitrogen and oxygen atoms in total. The summed E-state index contributed by atoms with van der Waals surface area (Å²) in [4.78, 5) is 0. The zero-order chi connectivity index (χ0) is 9.45. The Morgan fingerprint density at radius 3 is 2.50 bits per heavy atom. The molecular weight excluding hydrogens is 152 g/mol. The largest absolute Gasteiger partial charge is 0.374 e. The molecule has 2 heteroatoms. The number of allylic oxidation sites excluding steroid dienone is 1. The minimum absolute atomic E-state index is 0.281. The monoisotopic (exact) mass is 171 g/mol. The van der Waals surface area contributed by atoms with Gasteiger partial charge >= 0.3 is 0 Å². The van der Waals surface area contributed by atoms with E-state index in [-0.39, 0.29) is 6.61 Å². The van der Waals surface area contributed by atoms with Crippen molar-refractivity contribution in [3.05, 3.63) is 12.2 Å². The lowest BCUT2D eigenvalue weighted by atomic mass is 10.2. The van der Waals surface area contributed by atoms with Gasteiger partial charge in [-0.25, -0.2) is 5.11 Å². The molecule has 0 spiro atoms. The summed E-state index contributed by atoms with van der Waals surface area (Å²) in [6.45, 7) is 6.23. The first-order valence-electron chi connectivity index (χ1n) is 4.49. The average Bonchev–Trinajstić information content (AvgIpc) is 1.94. The van der Waals surface area contributed by atoms with E-state index in [4.69, 9.17) is 4.74 Å². The highest BCUT2D eigenvalue weighted by molar-refractivity contribution is 4.81. The summed E-state index contributed by atoms with van der Waals surface area (Å²) >= 11 is 0. The van der Waals surface area contributed by atoms with Gasteiger partial charge in [0.2, 0.25) is 0 Å². The van der Waals surface area contributed by atoms with Crippen LogP contribution < -0.4 is 0 Å². The molecule has 71 valence electrons. The summed E-state index contributed by atoms with van der Waals surface area (Å²) in [6, 6.07) is 0. The van der Waals surface area contributed by atoms with Crippen molar-refractivity contribution in [2.75, 3.05) is 13.2 Å². The topological polar surface area (TPSA) is 29.1 Å². The van der Waals surface area contributed by atoms with Gasteiger partial charge in [0.05, 0.1) is 13.2 Å². The van der Waals surface area contributed by atoms with Crippen LogP contribution in [0.2, 0.25) is 0 Å². The molecule has 0 aliphatic rings. The van der Waals surface area contributed by atoms with Gasteiger partial charge in [0.25, 0.3) is 0 Å². The summed E-state index contributed by atoms with van der Waals surface area (Å²) in [5.74, 6) is 0. The van der Waals surface area contributed by atoms with Crippen LogP contribution in [-0.4, -0.2) is 18.8 Å². The molecule has 0 bridgehead atoms. The molecule has 0 unspecified atom stereocenters. The Morgan fingerprint density at radius 1 is 1.33 bits per heavy atom. The molecule has 1 radical (unpaired) electrons. The van der Waals surface area contributed by atoms with E-state index in [1.807, 2.05) is 6.08 Å². The molecule has 0 aromatic carbocycles. The normalized spacial score (nSPS) is 12.7. The van der Waals surface area contributed by atoms with E-state index < -0.39 is 5.60 Å². The van der Waals surface area contributed by atoms with Gasteiger partial charge in [0.1, 0.15) is 5.60 Å².